The smallest absolute Gasteiger partial charge is 0.416 e. The molecule has 2 aromatic carbocycles. The number of alkyl halides is 3. The number of halogens is 3. The molecule has 1 atom stereocenters. The van der Waals surface area contributed by atoms with Gasteiger partial charge in [-0.1, -0.05) is 24.3 Å². The molecule has 0 aromatic heterocycles. The monoisotopic (exact) mass is 448 g/mol. The van der Waals surface area contributed by atoms with Gasteiger partial charge < -0.3 is 15.0 Å². The first kappa shape index (κ1) is 24.1. The van der Waals surface area contributed by atoms with Gasteiger partial charge in [0, 0.05) is 25.7 Å². The van der Waals surface area contributed by atoms with Gasteiger partial charge in [0.2, 0.25) is 0 Å². The molecule has 32 heavy (non-hydrogen) atoms. The van der Waals surface area contributed by atoms with Gasteiger partial charge in [-0.2, -0.15) is 13.2 Å². The Hall–Kier alpha value is -2.54. The third kappa shape index (κ3) is 6.48. The van der Waals surface area contributed by atoms with Crippen LogP contribution in [0.1, 0.15) is 50.3 Å². The van der Waals surface area contributed by atoms with Crippen LogP contribution in [0.5, 0.6) is 0 Å². The van der Waals surface area contributed by atoms with Gasteiger partial charge in [-0.15, -0.1) is 0 Å². The van der Waals surface area contributed by atoms with Crippen LogP contribution in [-0.2, 0) is 17.5 Å². The van der Waals surface area contributed by atoms with E-state index in [2.05, 4.69) is 5.32 Å². The summed E-state index contributed by atoms with van der Waals surface area (Å²) in [6, 6.07) is 11.7. The number of aryl methyl sites for hydroxylation is 1. The average Bonchev–Trinajstić information content (AvgIpc) is 3.14. The Bertz CT molecular complexity index is 951. The maximum Gasteiger partial charge on any atom is 0.416 e. The van der Waals surface area contributed by atoms with Crippen molar-refractivity contribution in [3.8, 4) is 11.1 Å². The minimum absolute atomic E-state index is 0.0687. The van der Waals surface area contributed by atoms with Crippen LogP contribution < -0.4 is 5.32 Å². The van der Waals surface area contributed by atoms with E-state index in [0.717, 1.165) is 30.0 Å². The minimum atomic E-state index is -4.37. The average molecular weight is 449 g/mol. The standard InChI is InChI=1S/C25H31F3N2O2/c1-17-11-20(14-21(12-17)25(26,27)28)19-8-5-7-18(13-19)15-29-16-22-9-6-10-30(22)23(31)32-24(2,3)4/h5,7-8,11-14,22,29H,6,9-10,15-16H2,1-4H3/t22-/m0/s1. The Morgan fingerprint density at radius 2 is 1.88 bits per heavy atom. The fourth-order valence-corrected chi connectivity index (χ4v) is 3.97. The molecule has 1 aliphatic heterocycles. The zero-order valence-electron chi connectivity index (χ0n) is 19.1. The van der Waals surface area contributed by atoms with Crippen molar-refractivity contribution in [3.05, 3.63) is 59.2 Å². The van der Waals surface area contributed by atoms with Crippen LogP contribution in [0.25, 0.3) is 11.1 Å². The molecule has 174 valence electrons. The maximum absolute atomic E-state index is 13.2. The van der Waals surface area contributed by atoms with Gasteiger partial charge >= 0.3 is 12.3 Å². The van der Waals surface area contributed by atoms with E-state index in [9.17, 15) is 18.0 Å². The number of amides is 1. The lowest BCUT2D eigenvalue weighted by atomic mass is 9.98. The lowest BCUT2D eigenvalue weighted by Crippen LogP contribution is -2.44. The Morgan fingerprint density at radius 3 is 2.56 bits per heavy atom. The van der Waals surface area contributed by atoms with Gasteiger partial charge in [-0.25, -0.2) is 4.79 Å². The number of hydrogen-bond acceptors (Lipinski definition) is 3. The first-order valence-electron chi connectivity index (χ1n) is 10.9. The molecule has 4 nitrogen and oxygen atoms in total. The van der Waals surface area contributed by atoms with E-state index < -0.39 is 17.3 Å². The Morgan fingerprint density at radius 1 is 1.12 bits per heavy atom. The number of benzene rings is 2. The molecular weight excluding hydrogens is 417 g/mol. The van der Waals surface area contributed by atoms with Crippen LogP contribution >= 0.6 is 0 Å². The molecule has 1 saturated heterocycles. The van der Waals surface area contributed by atoms with Gasteiger partial charge in [0.1, 0.15) is 5.60 Å². The third-order valence-corrected chi connectivity index (χ3v) is 5.38. The summed E-state index contributed by atoms with van der Waals surface area (Å²) in [5, 5.41) is 3.39. The van der Waals surface area contributed by atoms with Crippen LogP contribution in [-0.4, -0.2) is 35.7 Å². The van der Waals surface area contributed by atoms with Crippen molar-refractivity contribution in [2.75, 3.05) is 13.1 Å². The van der Waals surface area contributed by atoms with Crippen molar-refractivity contribution < 1.29 is 22.7 Å². The predicted octanol–water partition coefficient (Wildman–Crippen LogP) is 6.17. The van der Waals surface area contributed by atoms with E-state index in [1.54, 1.807) is 17.9 Å². The summed E-state index contributed by atoms with van der Waals surface area (Å²) in [4.78, 5) is 14.2. The lowest BCUT2D eigenvalue weighted by molar-refractivity contribution is -0.137. The molecular formula is C25H31F3N2O2. The normalized spacial score (nSPS) is 17.0. The number of ether oxygens (including phenoxy) is 1. The fraction of sp³-hybridized carbons (Fsp3) is 0.480. The molecule has 0 unspecified atom stereocenters. The van der Waals surface area contributed by atoms with E-state index in [4.69, 9.17) is 4.74 Å². The summed E-state index contributed by atoms with van der Waals surface area (Å²) in [5.74, 6) is 0. The molecule has 1 aliphatic rings. The molecule has 0 saturated carbocycles. The number of carbonyl (C=O) groups is 1. The topological polar surface area (TPSA) is 41.6 Å². The van der Waals surface area contributed by atoms with Gasteiger partial charge in [0.15, 0.2) is 0 Å². The van der Waals surface area contributed by atoms with E-state index in [-0.39, 0.29) is 12.1 Å². The van der Waals surface area contributed by atoms with Gasteiger partial charge in [-0.3, -0.25) is 0 Å². The summed E-state index contributed by atoms with van der Waals surface area (Å²) in [5.41, 5.74) is 1.67. The predicted molar refractivity (Wildman–Crippen MR) is 119 cm³/mol. The summed E-state index contributed by atoms with van der Waals surface area (Å²) in [6.45, 7) is 9.11. The first-order valence-corrected chi connectivity index (χ1v) is 10.9. The summed E-state index contributed by atoms with van der Waals surface area (Å²) in [7, 11) is 0. The largest absolute Gasteiger partial charge is 0.444 e. The summed E-state index contributed by atoms with van der Waals surface area (Å²) < 4.78 is 45.1. The highest BCUT2D eigenvalue weighted by Crippen LogP contribution is 2.33. The molecule has 0 radical (unpaired) electrons. The second-order valence-corrected chi connectivity index (χ2v) is 9.39. The Labute approximate surface area is 187 Å². The van der Waals surface area contributed by atoms with Crippen molar-refractivity contribution >= 4 is 6.09 Å². The second-order valence-electron chi connectivity index (χ2n) is 9.39. The molecule has 1 N–H and O–H groups in total. The number of hydrogen-bond donors (Lipinski definition) is 1. The van der Waals surface area contributed by atoms with Crippen LogP contribution in [0.2, 0.25) is 0 Å². The van der Waals surface area contributed by atoms with Gasteiger partial charge in [0.25, 0.3) is 0 Å². The second kappa shape index (κ2) is 9.53. The molecule has 7 heteroatoms. The van der Waals surface area contributed by atoms with Crippen molar-refractivity contribution in [3.63, 3.8) is 0 Å². The Kier molecular flexibility index (Phi) is 7.18. The number of rotatable bonds is 5. The zero-order valence-corrected chi connectivity index (χ0v) is 19.1. The highest BCUT2D eigenvalue weighted by molar-refractivity contribution is 5.69. The fourth-order valence-electron chi connectivity index (χ4n) is 3.97. The van der Waals surface area contributed by atoms with Crippen molar-refractivity contribution in [2.24, 2.45) is 0 Å². The van der Waals surface area contributed by atoms with Gasteiger partial charge in [-0.05, 0) is 81.0 Å². The maximum atomic E-state index is 13.2. The van der Waals surface area contributed by atoms with E-state index in [1.807, 2.05) is 45.0 Å². The number of carbonyl (C=O) groups excluding carboxylic acids is 1. The first-order chi connectivity index (χ1) is 14.9. The highest BCUT2D eigenvalue weighted by atomic mass is 19.4. The van der Waals surface area contributed by atoms with E-state index >= 15 is 0 Å². The summed E-state index contributed by atoms with van der Waals surface area (Å²) >= 11 is 0. The SMILES string of the molecule is Cc1cc(-c2cccc(CNC[C@@H]3CCCN3C(=O)OC(C)(C)C)c2)cc(C(F)(F)F)c1. The molecule has 2 aromatic rings. The van der Waals surface area contributed by atoms with Gasteiger partial charge in [0.05, 0.1) is 5.56 Å². The van der Waals surface area contributed by atoms with E-state index in [0.29, 0.717) is 30.8 Å². The molecule has 0 spiro atoms. The zero-order chi connectivity index (χ0) is 23.5. The minimum Gasteiger partial charge on any atom is -0.444 e. The summed E-state index contributed by atoms with van der Waals surface area (Å²) in [6.07, 6.45) is -2.81. The molecule has 1 heterocycles. The quantitative estimate of drug-likeness (QED) is 0.595. The number of nitrogens with one attached hydrogen (secondary N) is 1. The number of nitrogens with zero attached hydrogens (tertiary/aromatic N) is 1. The highest BCUT2D eigenvalue weighted by Gasteiger charge is 2.32. The lowest BCUT2D eigenvalue weighted by Gasteiger charge is -2.28. The van der Waals surface area contributed by atoms with E-state index in [1.165, 1.54) is 6.07 Å². The van der Waals surface area contributed by atoms with Crippen molar-refractivity contribution in [1.82, 2.24) is 10.2 Å². The number of likely N-dealkylation sites (tertiary alicyclic amines) is 1. The third-order valence-electron chi connectivity index (χ3n) is 5.38. The molecule has 1 fully saturated rings. The van der Waals surface area contributed by atoms with Crippen LogP contribution in [0, 0.1) is 6.92 Å². The molecule has 1 amide bonds. The van der Waals surface area contributed by atoms with Crippen molar-refractivity contribution in [1.29, 1.82) is 0 Å². The van der Waals surface area contributed by atoms with Crippen molar-refractivity contribution in [2.45, 2.75) is 64.9 Å². The molecule has 0 aliphatic carbocycles. The van der Waals surface area contributed by atoms with Crippen LogP contribution in [0.4, 0.5) is 18.0 Å². The van der Waals surface area contributed by atoms with Crippen LogP contribution in [0.3, 0.4) is 0 Å². The van der Waals surface area contributed by atoms with Crippen LogP contribution in [0.15, 0.2) is 42.5 Å². The molecule has 0 bridgehead atoms. The Balaban J connectivity index is 1.64. The molecule has 3 rings (SSSR count).